The van der Waals surface area contributed by atoms with Crippen LogP contribution in [0.4, 0.5) is 0 Å². The molecule has 0 N–H and O–H groups in total. The molecule has 0 aromatic heterocycles. The Labute approximate surface area is 154 Å². The second-order valence-electron chi connectivity index (χ2n) is 5.06. The summed E-state index contributed by atoms with van der Waals surface area (Å²) >= 11 is 2.09. The van der Waals surface area contributed by atoms with Gasteiger partial charge in [0.25, 0.3) is 0 Å². The van der Waals surface area contributed by atoms with Crippen molar-refractivity contribution >= 4 is 155 Å². The quantitative estimate of drug-likeness (QED) is 0.307. The fourth-order valence-electron chi connectivity index (χ4n) is 2.39. The van der Waals surface area contributed by atoms with E-state index >= 15 is 0 Å². The molecule has 64 valence electrons. The first-order chi connectivity index (χ1) is 9.02. The van der Waals surface area contributed by atoms with Gasteiger partial charge in [-0.3, -0.25) is 0 Å². The third-order valence-corrected chi connectivity index (χ3v) is 5.06. The topological polar surface area (TPSA) is 0 Å². The van der Waals surface area contributed by atoms with Gasteiger partial charge >= 0.3 is 0 Å². The highest BCUT2D eigenvalue weighted by Crippen LogP contribution is 2.12. The first-order valence-electron chi connectivity index (χ1n) is 6.22. The van der Waals surface area contributed by atoms with Gasteiger partial charge in [-0.15, -0.1) is 0 Å². The first kappa shape index (κ1) is 22.0. The molecule has 0 atom stereocenters. The summed E-state index contributed by atoms with van der Waals surface area (Å²) < 4.78 is -0.290. The zero-order valence-corrected chi connectivity index (χ0v) is 13.5. The molecule has 0 saturated heterocycles. The maximum Gasteiger partial charge on any atom is 0.120 e. The molecule has 0 fully saturated rings. The van der Waals surface area contributed by atoms with E-state index in [1.807, 2.05) is 0 Å². The molecule has 0 nitrogen and oxygen atoms in total. The van der Waals surface area contributed by atoms with Gasteiger partial charge in [-0.05, 0) is 0 Å². The van der Waals surface area contributed by atoms with Gasteiger partial charge in [-0.25, -0.2) is 0 Å². The van der Waals surface area contributed by atoms with Crippen molar-refractivity contribution in [2.24, 2.45) is 0 Å². The zero-order valence-electron chi connectivity index (χ0n) is 11.3. The van der Waals surface area contributed by atoms with Crippen molar-refractivity contribution < 1.29 is 0 Å². The van der Waals surface area contributed by atoms with Crippen LogP contribution in [0, 0.1) is 0 Å². The second-order valence-corrected chi connectivity index (χ2v) is 6.50. The van der Waals surface area contributed by atoms with Crippen LogP contribution in [-0.4, -0.2) is 133 Å². The van der Waals surface area contributed by atoms with Gasteiger partial charge in [0.15, 0.2) is 0 Å². The monoisotopic (exact) mass is 336 g/mol. The Morgan fingerprint density at radius 2 is 0.650 bits per heavy atom. The van der Waals surface area contributed by atoms with E-state index in [2.05, 4.69) is 22.4 Å². The Balaban J connectivity index is 5.44. The van der Waals surface area contributed by atoms with Crippen LogP contribution in [0.1, 0.15) is 0 Å². The third kappa shape index (κ3) is 6.22. The molecule has 0 aliphatic heterocycles. The summed E-state index contributed by atoms with van der Waals surface area (Å²) in [6.45, 7) is 0. The van der Waals surface area contributed by atoms with Crippen molar-refractivity contribution in [1.82, 2.24) is 0 Å². The highest BCUT2D eigenvalue weighted by atomic mass is 127. The lowest BCUT2D eigenvalue weighted by Gasteiger charge is -2.39. The van der Waals surface area contributed by atoms with Crippen molar-refractivity contribution in [3.8, 4) is 0 Å². The molecule has 0 aliphatic carbocycles. The lowest BCUT2D eigenvalue weighted by Crippen LogP contribution is -2.77. The molecule has 0 aromatic carbocycles. The molecular formula is B19I. The van der Waals surface area contributed by atoms with Crippen LogP contribution in [-0.2, 0) is 0 Å². The molecule has 20 heteroatoms. The first-order valence-corrected chi connectivity index (χ1v) is 7.46. The summed E-state index contributed by atoms with van der Waals surface area (Å²) in [5, 5.41) is 0. The lowest BCUT2D eigenvalue weighted by atomic mass is 8.46. The van der Waals surface area contributed by atoms with Crippen LogP contribution >= 0.6 is 22.4 Å². The number of hydrogen-bond acceptors (Lipinski definition) is 0. The largest absolute Gasteiger partial charge is 0.173 e. The van der Waals surface area contributed by atoms with Gasteiger partial charge < -0.3 is 0 Å². The van der Waals surface area contributed by atoms with Gasteiger partial charge in [-0.1, -0.05) is 0 Å². The van der Waals surface area contributed by atoms with Crippen LogP contribution in [0.25, 0.3) is 0 Å². The molecular weight excluding hydrogens is 332 g/mol. The van der Waals surface area contributed by atoms with Crippen molar-refractivity contribution in [1.29, 1.82) is 0 Å². The minimum absolute atomic E-state index is 0.290. The molecule has 20 heavy (non-hydrogen) atoms. The standard InChI is InChI=1S/B19I/c1-11(2)16(12(3)4)18(15(9)10)19(20)17(13(5)6)14(7)8. The summed E-state index contributed by atoms with van der Waals surface area (Å²) in [5.41, 5.74) is 0. The SMILES string of the molecule is [B]B([B])B(B([B])[B])B(I)B(B([B])[B])B(B([B])[B])B([B])[B]. The van der Waals surface area contributed by atoms with E-state index in [1.54, 1.807) is 0 Å². The van der Waals surface area contributed by atoms with E-state index in [4.69, 9.17) is 77.4 Å². The van der Waals surface area contributed by atoms with Crippen molar-refractivity contribution in [2.75, 3.05) is 0 Å². The van der Waals surface area contributed by atoms with Gasteiger partial charge in [0.05, 0.1) is 0 Å². The predicted octanol–water partition coefficient (Wildman–Crippen LogP) is -6.35. The fraction of sp³-hybridized carbons (Fsp3) is 0. The summed E-state index contributed by atoms with van der Waals surface area (Å²) in [6.07, 6.45) is -5.28. The van der Waals surface area contributed by atoms with Gasteiger partial charge in [-0.2, -0.15) is 22.4 Å². The highest BCUT2D eigenvalue weighted by Gasteiger charge is 2.44. The number of hydrogen-bond donors (Lipinski definition) is 0. The molecule has 0 bridgehead atoms. The van der Waals surface area contributed by atoms with Crippen molar-refractivity contribution in [3.05, 3.63) is 0 Å². The van der Waals surface area contributed by atoms with Gasteiger partial charge in [0.2, 0.25) is 0 Å². The second kappa shape index (κ2) is 9.96. The Morgan fingerprint density at radius 3 is 0.850 bits per heavy atom. The van der Waals surface area contributed by atoms with Crippen LogP contribution in [0.15, 0.2) is 0 Å². The Bertz CT molecular complexity index is 236. The molecule has 0 rings (SSSR count). The normalized spacial score (nSPS) is 9.25. The summed E-state index contributed by atoms with van der Waals surface area (Å²) in [5.74, 6) is 0. The highest BCUT2D eigenvalue weighted by molar-refractivity contribution is 14.1. The Morgan fingerprint density at radius 1 is 0.400 bits per heavy atom. The summed E-state index contributed by atoms with van der Waals surface area (Å²) in [7, 11) is 57.6. The Kier molecular flexibility index (Phi) is 10.9. The smallest absolute Gasteiger partial charge is 0.120 e. The molecule has 0 spiro atoms. The minimum atomic E-state index is -0.796. The van der Waals surface area contributed by atoms with Crippen LogP contribution in [0.2, 0.25) is 0 Å². The van der Waals surface area contributed by atoms with E-state index in [1.165, 1.54) is 0 Å². The van der Waals surface area contributed by atoms with E-state index in [-0.39, 0.29) is 4.35 Å². The van der Waals surface area contributed by atoms with Crippen molar-refractivity contribution in [2.45, 2.75) is 0 Å². The van der Waals surface area contributed by atoms with E-state index in [9.17, 15) is 0 Å². The fourth-order valence-corrected chi connectivity index (χ4v) is 4.31. The lowest BCUT2D eigenvalue weighted by molar-refractivity contribution is 3.39. The molecule has 0 unspecified atom stereocenters. The van der Waals surface area contributed by atoms with Crippen LogP contribution in [0.5, 0.6) is 0 Å². The van der Waals surface area contributed by atoms with E-state index in [0.717, 1.165) is 0 Å². The average Bonchev–Trinajstić information content (AvgIpc) is 2.22. The molecule has 20 radical (unpaired) electrons. The number of rotatable bonds is 8. The third-order valence-electron chi connectivity index (χ3n) is 3.40. The molecule has 0 aromatic rings. The van der Waals surface area contributed by atoms with Crippen LogP contribution in [0.3, 0.4) is 0 Å². The predicted molar refractivity (Wildman–Crippen MR) is 123 cm³/mol. The molecule has 0 heterocycles. The van der Waals surface area contributed by atoms with Gasteiger partial charge in [0, 0.05) is 128 Å². The molecule has 0 amide bonds. The maximum absolute atomic E-state index is 5.84. The van der Waals surface area contributed by atoms with E-state index < -0.39 is 51.1 Å². The molecule has 0 saturated carbocycles. The average molecular weight is 332 g/mol. The minimum Gasteiger partial charge on any atom is -0.173 e. The maximum atomic E-state index is 5.84. The number of halogens is 1. The van der Waals surface area contributed by atoms with Gasteiger partial charge in [0.1, 0.15) is 4.35 Å². The summed E-state index contributed by atoms with van der Waals surface area (Å²) in [6, 6.07) is 0. The Hall–Kier alpha value is 1.96. The van der Waals surface area contributed by atoms with Crippen molar-refractivity contribution in [3.63, 3.8) is 0 Å². The summed E-state index contributed by atoms with van der Waals surface area (Å²) in [4.78, 5) is 0. The molecule has 0 aliphatic rings. The van der Waals surface area contributed by atoms with E-state index in [0.29, 0.717) is 0 Å². The van der Waals surface area contributed by atoms with Crippen LogP contribution < -0.4 is 0 Å². The zero-order chi connectivity index (χ0) is 16.2.